The van der Waals surface area contributed by atoms with Gasteiger partial charge in [-0.05, 0) is 88.5 Å². The molecule has 4 heteroatoms. The number of benzene rings is 3. The van der Waals surface area contributed by atoms with Gasteiger partial charge in [0, 0.05) is 6.54 Å². The first-order valence-electron chi connectivity index (χ1n) is 13.3. The largest absolute Gasteiger partial charge is 0.494 e. The van der Waals surface area contributed by atoms with Crippen LogP contribution in [0.3, 0.4) is 0 Å². The Kier molecular flexibility index (Phi) is 11.4. The molecule has 0 spiro atoms. The number of esters is 1. The number of ether oxygens (including phenoxy) is 2. The zero-order valence-corrected chi connectivity index (χ0v) is 22.8. The second-order valence-electron chi connectivity index (χ2n) is 9.88. The maximum Gasteiger partial charge on any atom is 0.338 e. The van der Waals surface area contributed by atoms with Crippen molar-refractivity contribution in [3.8, 4) is 5.75 Å². The first kappa shape index (κ1) is 28.2. The van der Waals surface area contributed by atoms with Crippen LogP contribution in [0.4, 0.5) is 0 Å². The van der Waals surface area contributed by atoms with Crippen molar-refractivity contribution >= 4 is 12.0 Å². The third kappa shape index (κ3) is 10.6. The third-order valence-electron chi connectivity index (χ3n) is 6.09. The average molecular weight is 500 g/mol. The topological polar surface area (TPSA) is 47.6 Å². The van der Waals surface area contributed by atoms with E-state index in [1.807, 2.05) is 68.5 Å². The van der Waals surface area contributed by atoms with Crippen LogP contribution in [-0.2, 0) is 11.3 Å². The molecule has 0 atom stereocenters. The number of hydrogen-bond donors (Lipinski definition) is 1. The van der Waals surface area contributed by atoms with Gasteiger partial charge in [0.25, 0.3) is 0 Å². The van der Waals surface area contributed by atoms with Crippen LogP contribution in [0, 0.1) is 27.7 Å². The number of nitrogens with one attached hydrogen (secondary N) is 1. The average Bonchev–Trinajstić information content (AvgIpc) is 2.85. The number of unbranched alkanes of at least 4 members (excludes halogenated alkanes) is 3. The van der Waals surface area contributed by atoms with Crippen molar-refractivity contribution < 1.29 is 14.3 Å². The second kappa shape index (κ2) is 15.0. The zero-order chi connectivity index (χ0) is 26.5. The summed E-state index contributed by atoms with van der Waals surface area (Å²) in [7, 11) is 0. The molecular formula is C33H41NO3. The van der Waals surface area contributed by atoms with Gasteiger partial charge in [0.15, 0.2) is 0 Å². The van der Waals surface area contributed by atoms with Crippen molar-refractivity contribution in [3.63, 3.8) is 0 Å². The Morgan fingerprint density at radius 2 is 1.41 bits per heavy atom. The molecule has 0 aliphatic rings. The summed E-state index contributed by atoms with van der Waals surface area (Å²) >= 11 is 0. The lowest BCUT2D eigenvalue weighted by atomic mass is 10.1. The van der Waals surface area contributed by atoms with Crippen molar-refractivity contribution in [2.75, 3.05) is 19.8 Å². The van der Waals surface area contributed by atoms with Crippen LogP contribution in [0.2, 0.25) is 0 Å². The summed E-state index contributed by atoms with van der Waals surface area (Å²) in [5.74, 6) is 0.585. The van der Waals surface area contributed by atoms with Gasteiger partial charge in [-0.25, -0.2) is 4.79 Å². The number of hydrogen-bond acceptors (Lipinski definition) is 4. The molecule has 0 fully saturated rings. The normalized spacial score (nSPS) is 11.1. The molecule has 0 aliphatic carbocycles. The van der Waals surface area contributed by atoms with Gasteiger partial charge in [-0.3, -0.25) is 0 Å². The van der Waals surface area contributed by atoms with E-state index in [2.05, 4.69) is 37.4 Å². The Balaban J connectivity index is 1.24. The smallest absolute Gasteiger partial charge is 0.338 e. The first-order chi connectivity index (χ1) is 17.9. The minimum Gasteiger partial charge on any atom is -0.494 e. The number of carbonyl (C=O) groups excluding carboxylic acids is 1. The first-order valence-corrected chi connectivity index (χ1v) is 13.3. The summed E-state index contributed by atoms with van der Waals surface area (Å²) in [4.78, 5) is 12.2. The van der Waals surface area contributed by atoms with E-state index >= 15 is 0 Å². The number of aryl methyl sites for hydroxylation is 4. The molecule has 0 radical (unpaired) electrons. The van der Waals surface area contributed by atoms with Gasteiger partial charge in [-0.1, -0.05) is 77.6 Å². The van der Waals surface area contributed by atoms with Crippen LogP contribution in [0.15, 0.2) is 66.7 Å². The van der Waals surface area contributed by atoms with Gasteiger partial charge in [-0.15, -0.1) is 0 Å². The fourth-order valence-electron chi connectivity index (χ4n) is 4.46. The molecule has 4 nitrogen and oxygen atoms in total. The molecule has 0 amide bonds. The highest BCUT2D eigenvalue weighted by Crippen LogP contribution is 2.15. The summed E-state index contributed by atoms with van der Waals surface area (Å²) in [6.07, 6.45) is 8.43. The molecule has 196 valence electrons. The summed E-state index contributed by atoms with van der Waals surface area (Å²) in [6.45, 7) is 11.2. The van der Waals surface area contributed by atoms with E-state index in [9.17, 15) is 4.79 Å². The van der Waals surface area contributed by atoms with E-state index in [1.165, 1.54) is 36.0 Å². The van der Waals surface area contributed by atoms with Gasteiger partial charge < -0.3 is 14.8 Å². The molecule has 3 aromatic rings. The fraction of sp³-hybridized carbons (Fsp3) is 0.364. The highest BCUT2D eigenvalue weighted by atomic mass is 16.5. The molecule has 0 bridgehead atoms. The van der Waals surface area contributed by atoms with Crippen molar-refractivity contribution in [3.05, 3.63) is 106 Å². The van der Waals surface area contributed by atoms with Gasteiger partial charge in [0.05, 0.1) is 12.2 Å². The van der Waals surface area contributed by atoms with Crippen molar-refractivity contribution in [1.29, 1.82) is 0 Å². The molecule has 0 unspecified atom stereocenters. The van der Waals surface area contributed by atoms with Crippen LogP contribution in [0.5, 0.6) is 5.75 Å². The van der Waals surface area contributed by atoms with E-state index in [0.717, 1.165) is 48.6 Å². The van der Waals surface area contributed by atoms with Crippen molar-refractivity contribution in [2.24, 2.45) is 0 Å². The van der Waals surface area contributed by atoms with E-state index in [4.69, 9.17) is 9.47 Å². The predicted octanol–water partition coefficient (Wildman–Crippen LogP) is 7.52. The Morgan fingerprint density at radius 1 is 0.784 bits per heavy atom. The summed E-state index contributed by atoms with van der Waals surface area (Å²) in [6, 6.07) is 20.5. The molecule has 3 rings (SSSR count). The van der Waals surface area contributed by atoms with Crippen LogP contribution in [-0.4, -0.2) is 25.7 Å². The molecule has 0 heterocycles. The summed E-state index contributed by atoms with van der Waals surface area (Å²) in [5, 5.41) is 3.55. The Labute approximate surface area is 222 Å². The van der Waals surface area contributed by atoms with Crippen LogP contribution >= 0.6 is 0 Å². The highest BCUT2D eigenvalue weighted by molar-refractivity contribution is 5.89. The molecule has 1 N–H and O–H groups in total. The number of carbonyl (C=O) groups is 1. The quantitative estimate of drug-likeness (QED) is 0.184. The minimum atomic E-state index is -0.297. The molecule has 0 aromatic heterocycles. The number of rotatable bonds is 14. The lowest BCUT2D eigenvalue weighted by Gasteiger charge is -2.08. The maximum absolute atomic E-state index is 12.2. The van der Waals surface area contributed by atoms with Gasteiger partial charge in [0.1, 0.15) is 12.4 Å². The van der Waals surface area contributed by atoms with Crippen LogP contribution in [0.1, 0.15) is 69.4 Å². The van der Waals surface area contributed by atoms with E-state index in [-0.39, 0.29) is 12.6 Å². The zero-order valence-electron chi connectivity index (χ0n) is 22.8. The highest BCUT2D eigenvalue weighted by Gasteiger charge is 2.07. The lowest BCUT2D eigenvalue weighted by molar-refractivity contribution is 0.0550. The molecule has 3 aromatic carbocycles. The second-order valence-corrected chi connectivity index (χ2v) is 9.88. The third-order valence-corrected chi connectivity index (χ3v) is 6.09. The fourth-order valence-corrected chi connectivity index (χ4v) is 4.46. The summed E-state index contributed by atoms with van der Waals surface area (Å²) in [5.41, 5.74) is 7.78. The standard InChI is InChI=1S/C33H41NO3/c1-25-18-26(2)21-30(20-25)24-34-15-7-5-6-8-16-36-32-13-11-29(12-14-32)10-9-17-37-33(35)31-22-27(3)19-28(4)23-31/h9-14,18-23,34H,5-8,15-17,24H2,1-4H3/b10-9+. The van der Waals surface area contributed by atoms with E-state index < -0.39 is 0 Å². The monoisotopic (exact) mass is 499 g/mol. The SMILES string of the molecule is Cc1cc(C)cc(CNCCCCCCOc2ccc(/C=C/COC(=O)c3cc(C)cc(C)c3)cc2)c1. The van der Waals surface area contributed by atoms with Crippen LogP contribution < -0.4 is 10.1 Å². The molecule has 37 heavy (non-hydrogen) atoms. The van der Waals surface area contributed by atoms with E-state index in [0.29, 0.717) is 5.56 Å². The molecular weight excluding hydrogens is 458 g/mol. The molecule has 0 saturated heterocycles. The van der Waals surface area contributed by atoms with Crippen molar-refractivity contribution in [2.45, 2.75) is 59.9 Å². The predicted molar refractivity (Wildman–Crippen MR) is 153 cm³/mol. The minimum absolute atomic E-state index is 0.241. The Morgan fingerprint density at radius 3 is 2.08 bits per heavy atom. The maximum atomic E-state index is 12.2. The Hall–Kier alpha value is -3.37. The van der Waals surface area contributed by atoms with Crippen molar-refractivity contribution in [1.82, 2.24) is 5.32 Å². The Bertz CT molecular complexity index is 1120. The summed E-state index contributed by atoms with van der Waals surface area (Å²) < 4.78 is 11.2. The van der Waals surface area contributed by atoms with E-state index in [1.54, 1.807) is 0 Å². The van der Waals surface area contributed by atoms with Gasteiger partial charge >= 0.3 is 5.97 Å². The molecule has 0 aliphatic heterocycles. The van der Waals surface area contributed by atoms with Crippen LogP contribution in [0.25, 0.3) is 6.08 Å². The molecule has 0 saturated carbocycles. The lowest BCUT2D eigenvalue weighted by Crippen LogP contribution is -2.14. The van der Waals surface area contributed by atoms with Gasteiger partial charge in [-0.2, -0.15) is 0 Å². The van der Waals surface area contributed by atoms with Gasteiger partial charge in [0.2, 0.25) is 0 Å².